The molecule has 7 heteroatoms. The first kappa shape index (κ1) is 14.8. The van der Waals surface area contributed by atoms with E-state index in [0.717, 1.165) is 0 Å². The van der Waals surface area contributed by atoms with Gasteiger partial charge in [0.05, 0.1) is 10.7 Å². The van der Waals surface area contributed by atoms with Gasteiger partial charge >= 0.3 is 0 Å². The van der Waals surface area contributed by atoms with E-state index in [1.54, 1.807) is 0 Å². The Bertz CT molecular complexity index is 682. The average molecular weight is 308 g/mol. The molecule has 0 radical (unpaired) electrons. The number of para-hydroxylation sites is 1. The van der Waals surface area contributed by atoms with Crippen molar-refractivity contribution in [1.82, 2.24) is 0 Å². The molecule has 21 heavy (non-hydrogen) atoms. The molecule has 108 valence electrons. The van der Waals surface area contributed by atoms with Crippen LogP contribution in [-0.2, 0) is 0 Å². The lowest BCUT2D eigenvalue weighted by Gasteiger charge is -2.08. The van der Waals surface area contributed by atoms with Gasteiger partial charge in [-0.1, -0.05) is 35.0 Å². The van der Waals surface area contributed by atoms with E-state index >= 15 is 0 Å². The second-order valence-corrected chi connectivity index (χ2v) is 4.52. The number of hydrogen-bond donors (Lipinski definition) is 3. The van der Waals surface area contributed by atoms with Crippen molar-refractivity contribution < 1.29 is 14.4 Å². The number of rotatable bonds is 3. The van der Waals surface area contributed by atoms with E-state index in [-0.39, 0.29) is 22.1 Å². The van der Waals surface area contributed by atoms with E-state index in [1.165, 1.54) is 42.5 Å². The maximum Gasteiger partial charge on any atom is 0.255 e. The number of carbonyl (C=O) groups is 1. The van der Waals surface area contributed by atoms with Gasteiger partial charge in [-0.2, -0.15) is 0 Å². The lowest BCUT2D eigenvalue weighted by Crippen LogP contribution is -2.15. The fraction of sp³-hybridized carbons (Fsp3) is 0. The van der Waals surface area contributed by atoms with Gasteiger partial charge in [-0.3, -0.25) is 4.79 Å². The van der Waals surface area contributed by atoms with Crippen molar-refractivity contribution >= 4 is 29.0 Å². The quantitative estimate of drug-likeness (QED) is 0.352. The van der Waals surface area contributed by atoms with E-state index in [0.29, 0.717) is 5.56 Å². The van der Waals surface area contributed by atoms with Crippen molar-refractivity contribution in [3.05, 3.63) is 64.4 Å². The van der Waals surface area contributed by atoms with Crippen LogP contribution in [0.1, 0.15) is 15.9 Å². The Morgan fingerprint density at radius 3 is 2.38 bits per heavy atom. The van der Waals surface area contributed by atoms with Crippen LogP contribution in [-0.4, -0.2) is 17.0 Å². The van der Waals surface area contributed by atoms with Crippen LogP contribution in [0.15, 0.2) is 47.6 Å². The van der Waals surface area contributed by atoms with E-state index in [9.17, 15) is 9.18 Å². The highest BCUT2D eigenvalue weighted by Gasteiger charge is 2.12. The third kappa shape index (κ3) is 3.29. The monoisotopic (exact) mass is 307 g/mol. The fourth-order valence-corrected chi connectivity index (χ4v) is 1.86. The predicted molar refractivity (Wildman–Crippen MR) is 78.3 cm³/mol. The van der Waals surface area contributed by atoms with Gasteiger partial charge in [-0.05, 0) is 24.3 Å². The molecule has 2 aromatic carbocycles. The van der Waals surface area contributed by atoms with Crippen LogP contribution in [0, 0.1) is 5.82 Å². The molecule has 0 heterocycles. The number of nitrogens with two attached hydrogens (primary N) is 1. The fourth-order valence-electron chi connectivity index (χ4n) is 1.65. The number of amidine groups is 1. The average Bonchev–Trinajstić information content (AvgIpc) is 2.50. The molecule has 0 spiro atoms. The maximum atomic E-state index is 13.6. The molecular weight excluding hydrogens is 297 g/mol. The Morgan fingerprint density at radius 2 is 1.81 bits per heavy atom. The zero-order valence-corrected chi connectivity index (χ0v) is 11.4. The summed E-state index contributed by atoms with van der Waals surface area (Å²) in [6, 6.07) is 10.1. The smallest absolute Gasteiger partial charge is 0.255 e. The Balaban J connectivity index is 2.21. The Hall–Kier alpha value is -2.60. The molecule has 0 fully saturated rings. The predicted octanol–water partition coefficient (Wildman–Crippen LogP) is 2.83. The molecule has 0 bridgehead atoms. The summed E-state index contributed by atoms with van der Waals surface area (Å²) in [6.07, 6.45) is 0. The van der Waals surface area contributed by atoms with E-state index in [4.69, 9.17) is 22.5 Å². The van der Waals surface area contributed by atoms with Gasteiger partial charge < -0.3 is 16.3 Å². The number of hydrogen-bond acceptors (Lipinski definition) is 3. The number of nitrogens with zero attached hydrogens (tertiary/aromatic N) is 1. The summed E-state index contributed by atoms with van der Waals surface area (Å²) >= 11 is 5.83. The minimum absolute atomic E-state index is 0.0703. The third-order valence-electron chi connectivity index (χ3n) is 2.75. The molecule has 4 N–H and O–H groups in total. The highest BCUT2D eigenvalue weighted by Crippen LogP contribution is 2.25. The number of oxime groups is 1. The van der Waals surface area contributed by atoms with Crippen molar-refractivity contribution in [2.45, 2.75) is 0 Å². The summed E-state index contributed by atoms with van der Waals surface area (Å²) in [6.45, 7) is 0. The van der Waals surface area contributed by atoms with E-state index in [2.05, 4.69) is 10.5 Å². The van der Waals surface area contributed by atoms with Crippen LogP contribution in [0.3, 0.4) is 0 Å². The van der Waals surface area contributed by atoms with Crippen LogP contribution in [0.25, 0.3) is 0 Å². The third-order valence-corrected chi connectivity index (χ3v) is 3.07. The van der Waals surface area contributed by atoms with E-state index < -0.39 is 11.7 Å². The molecule has 2 rings (SSSR count). The van der Waals surface area contributed by atoms with Gasteiger partial charge in [-0.25, -0.2) is 4.39 Å². The summed E-state index contributed by atoms with van der Waals surface area (Å²) in [4.78, 5) is 12.0. The van der Waals surface area contributed by atoms with Crippen LogP contribution in [0.5, 0.6) is 0 Å². The van der Waals surface area contributed by atoms with Crippen molar-refractivity contribution in [2.24, 2.45) is 10.9 Å². The molecule has 0 aromatic heterocycles. The number of amides is 1. The van der Waals surface area contributed by atoms with Gasteiger partial charge in [0.2, 0.25) is 0 Å². The van der Waals surface area contributed by atoms with Gasteiger partial charge in [0.1, 0.15) is 5.82 Å². The number of benzene rings is 2. The summed E-state index contributed by atoms with van der Waals surface area (Å²) in [5.41, 5.74) is 6.07. The lowest BCUT2D eigenvalue weighted by atomic mass is 10.1. The first-order valence-electron chi connectivity index (χ1n) is 5.86. The van der Waals surface area contributed by atoms with Gasteiger partial charge in [-0.15, -0.1) is 0 Å². The summed E-state index contributed by atoms with van der Waals surface area (Å²) in [5.74, 6) is -1.21. The highest BCUT2D eigenvalue weighted by atomic mass is 35.5. The summed E-state index contributed by atoms with van der Waals surface area (Å²) < 4.78 is 13.6. The van der Waals surface area contributed by atoms with Crippen molar-refractivity contribution in [3.8, 4) is 0 Å². The maximum absolute atomic E-state index is 13.6. The van der Waals surface area contributed by atoms with Crippen molar-refractivity contribution in [3.63, 3.8) is 0 Å². The van der Waals surface area contributed by atoms with E-state index in [1.807, 2.05) is 0 Å². The summed E-state index contributed by atoms with van der Waals surface area (Å²) in [7, 11) is 0. The number of nitrogens with one attached hydrogen (secondary N) is 1. The molecule has 5 nitrogen and oxygen atoms in total. The van der Waals surface area contributed by atoms with Crippen molar-refractivity contribution in [1.29, 1.82) is 0 Å². The Kier molecular flexibility index (Phi) is 4.39. The van der Waals surface area contributed by atoms with Gasteiger partial charge in [0.25, 0.3) is 5.91 Å². The molecule has 1 amide bonds. The molecule has 0 atom stereocenters. The molecule has 0 saturated carbocycles. The second kappa shape index (κ2) is 6.23. The van der Waals surface area contributed by atoms with Gasteiger partial charge in [0.15, 0.2) is 5.84 Å². The summed E-state index contributed by atoms with van der Waals surface area (Å²) in [5, 5.41) is 13.9. The molecular formula is C14H11ClFN3O2. The second-order valence-electron chi connectivity index (χ2n) is 4.11. The molecule has 0 aliphatic carbocycles. The molecule has 0 unspecified atom stereocenters. The molecule has 0 aliphatic rings. The number of anilines is 1. The Labute approximate surface area is 124 Å². The highest BCUT2D eigenvalue weighted by molar-refractivity contribution is 6.34. The first-order valence-corrected chi connectivity index (χ1v) is 6.24. The minimum atomic E-state index is -0.621. The normalized spacial score (nSPS) is 11.2. The zero-order chi connectivity index (χ0) is 15.4. The largest absolute Gasteiger partial charge is 0.409 e. The van der Waals surface area contributed by atoms with Crippen LogP contribution < -0.4 is 11.1 Å². The van der Waals surface area contributed by atoms with Gasteiger partial charge in [0, 0.05) is 11.1 Å². The number of carbonyl (C=O) groups excluding carboxylic acids is 1. The Morgan fingerprint density at radius 1 is 1.19 bits per heavy atom. The first-order chi connectivity index (χ1) is 10.0. The molecule has 2 aromatic rings. The minimum Gasteiger partial charge on any atom is -0.409 e. The topological polar surface area (TPSA) is 87.7 Å². The SMILES string of the molecule is N/C(=N/O)c1ccc(C(=O)Nc2c(F)cccc2Cl)cc1. The lowest BCUT2D eigenvalue weighted by molar-refractivity contribution is 0.102. The van der Waals surface area contributed by atoms with Crippen LogP contribution in [0.4, 0.5) is 10.1 Å². The molecule has 0 aliphatic heterocycles. The van der Waals surface area contributed by atoms with Crippen LogP contribution in [0.2, 0.25) is 5.02 Å². The number of halogens is 2. The standard InChI is InChI=1S/C14H11ClFN3O2/c15-10-2-1-3-11(16)12(10)18-14(20)9-6-4-8(5-7-9)13(17)19-21/h1-7,21H,(H2,17,19)(H,18,20). The van der Waals surface area contributed by atoms with Crippen molar-refractivity contribution in [2.75, 3.05) is 5.32 Å². The molecule has 0 saturated heterocycles. The van der Waals surface area contributed by atoms with Crippen LogP contribution >= 0.6 is 11.6 Å². The zero-order valence-electron chi connectivity index (χ0n) is 10.7.